The Morgan fingerprint density at radius 2 is 2.02 bits per heavy atom. The number of hydrogen-bond donors (Lipinski definition) is 2. The van der Waals surface area contributed by atoms with Crippen LogP contribution in [0.4, 0.5) is 0 Å². The number of pyridine rings is 1. The van der Waals surface area contributed by atoms with Gasteiger partial charge in [0.25, 0.3) is 0 Å². The quantitative estimate of drug-likeness (QED) is 0.393. The summed E-state index contributed by atoms with van der Waals surface area (Å²) in [5, 5.41) is 11.4. The minimum atomic E-state index is -0.961. The smallest absolute Gasteiger partial charge is 0.231 e. The number of hydrogen-bond acceptors (Lipinski definition) is 6. The Kier molecular flexibility index (Phi) is 8.57. The average molecular weight is 561 g/mol. The maximum Gasteiger partial charge on any atom is 0.231 e. The predicted molar refractivity (Wildman–Crippen MR) is 158 cm³/mol. The fraction of sp³-hybridized carbons (Fsp3) is 0.375. The van der Waals surface area contributed by atoms with Crippen LogP contribution in [0.15, 0.2) is 66.9 Å². The summed E-state index contributed by atoms with van der Waals surface area (Å²) in [7, 11) is 0. The second-order valence-electron chi connectivity index (χ2n) is 11.2. The second kappa shape index (κ2) is 12.1. The van der Waals surface area contributed by atoms with Crippen LogP contribution >= 0.6 is 11.6 Å². The van der Waals surface area contributed by atoms with Crippen molar-refractivity contribution in [3.05, 3.63) is 99.8 Å². The van der Waals surface area contributed by atoms with Crippen LogP contribution in [0, 0.1) is 0 Å². The van der Waals surface area contributed by atoms with Gasteiger partial charge in [0.2, 0.25) is 5.91 Å². The van der Waals surface area contributed by atoms with E-state index in [4.69, 9.17) is 22.1 Å². The third kappa shape index (κ3) is 6.73. The summed E-state index contributed by atoms with van der Waals surface area (Å²) in [6.45, 7) is 7.62. The summed E-state index contributed by atoms with van der Waals surface area (Å²) < 4.78 is 6.13. The van der Waals surface area contributed by atoms with E-state index in [1.165, 1.54) is 0 Å². The molecule has 0 aliphatic carbocycles. The molecule has 0 bridgehead atoms. The van der Waals surface area contributed by atoms with E-state index in [-0.39, 0.29) is 18.5 Å². The minimum absolute atomic E-state index is 0.231. The number of nitrogens with two attached hydrogens (primary N) is 1. The van der Waals surface area contributed by atoms with Crippen molar-refractivity contribution in [2.45, 2.75) is 51.5 Å². The number of rotatable bonds is 9. The number of carbonyl (C=O) groups excluding carboxylic acids is 1. The molecule has 0 unspecified atom stereocenters. The van der Waals surface area contributed by atoms with E-state index < -0.39 is 5.60 Å². The number of carbonyl (C=O) groups is 1. The molecule has 1 fully saturated rings. The van der Waals surface area contributed by atoms with Gasteiger partial charge in [0.1, 0.15) is 12.4 Å². The first-order valence-corrected chi connectivity index (χ1v) is 14.2. The Morgan fingerprint density at radius 3 is 2.77 bits per heavy atom. The van der Waals surface area contributed by atoms with Crippen LogP contribution in [0.1, 0.15) is 54.6 Å². The maximum atomic E-state index is 11.9. The number of aromatic nitrogens is 1. The van der Waals surface area contributed by atoms with Gasteiger partial charge in [-0.25, -0.2) is 0 Å². The van der Waals surface area contributed by atoms with Crippen LogP contribution in [0.3, 0.4) is 0 Å². The first-order chi connectivity index (χ1) is 19.2. The third-order valence-corrected chi connectivity index (χ3v) is 7.99. The Hall–Kier alpha value is -3.23. The highest BCUT2D eigenvalue weighted by molar-refractivity contribution is 6.30. The van der Waals surface area contributed by atoms with E-state index in [1.807, 2.05) is 48.5 Å². The number of aliphatic hydroxyl groups is 1. The fourth-order valence-corrected chi connectivity index (χ4v) is 5.73. The lowest BCUT2D eigenvalue weighted by Crippen LogP contribution is -2.42. The molecule has 0 spiro atoms. The van der Waals surface area contributed by atoms with Crippen molar-refractivity contribution in [1.82, 2.24) is 14.8 Å². The van der Waals surface area contributed by atoms with E-state index in [0.29, 0.717) is 18.2 Å². The van der Waals surface area contributed by atoms with Gasteiger partial charge in [-0.3, -0.25) is 14.7 Å². The highest BCUT2D eigenvalue weighted by atomic mass is 35.5. The normalized spacial score (nSPS) is 18.3. The molecule has 1 amide bonds. The number of benzene rings is 2. The molecule has 0 saturated carbocycles. The highest BCUT2D eigenvalue weighted by Gasteiger charge is 2.29. The third-order valence-electron chi connectivity index (χ3n) is 7.74. The molecular weight excluding hydrogens is 524 g/mol. The van der Waals surface area contributed by atoms with E-state index in [0.717, 1.165) is 71.7 Å². The van der Waals surface area contributed by atoms with Crippen LogP contribution in [-0.2, 0) is 23.5 Å². The topological polar surface area (TPSA) is 91.9 Å². The van der Waals surface area contributed by atoms with Gasteiger partial charge in [0, 0.05) is 48.0 Å². The molecule has 2 aromatic carbocycles. The van der Waals surface area contributed by atoms with Crippen molar-refractivity contribution < 1.29 is 14.6 Å². The molecule has 5 rings (SSSR count). The molecule has 40 heavy (non-hydrogen) atoms. The molecule has 7 nitrogen and oxygen atoms in total. The molecule has 1 aromatic heterocycles. The Labute approximate surface area is 241 Å². The lowest BCUT2D eigenvalue weighted by atomic mass is 9.90. The Balaban J connectivity index is 1.32. The summed E-state index contributed by atoms with van der Waals surface area (Å²) in [6.07, 6.45) is 5.89. The second-order valence-corrected chi connectivity index (χ2v) is 11.6. The van der Waals surface area contributed by atoms with Crippen molar-refractivity contribution in [1.29, 1.82) is 0 Å². The molecule has 3 N–H and O–H groups in total. The van der Waals surface area contributed by atoms with E-state index in [9.17, 15) is 9.90 Å². The summed E-state index contributed by atoms with van der Waals surface area (Å²) in [6, 6.07) is 18.0. The maximum absolute atomic E-state index is 11.9. The summed E-state index contributed by atoms with van der Waals surface area (Å²) in [5.74, 6) is 0.479. The standard InChI is InChI=1S/C32H37ClN4O3/c1-32(2,39)23-9-12-30-28(17-23)26(27-5-3-14-35-29(27)21-40-30)6-4-15-36-16-13-25(19-36)37(20-31(34)38)18-22-7-10-24(33)11-8-22/h3,5-12,14,17,25,39H,4,13,15-16,18-21H2,1-2H3,(H2,34,38)/b26-6+/t25-/m1/s1. The van der Waals surface area contributed by atoms with Gasteiger partial charge in [-0.05, 0) is 80.3 Å². The summed E-state index contributed by atoms with van der Waals surface area (Å²) in [4.78, 5) is 21.1. The molecular formula is C32H37ClN4O3. The monoisotopic (exact) mass is 560 g/mol. The molecule has 1 atom stereocenters. The van der Waals surface area contributed by atoms with E-state index >= 15 is 0 Å². The first-order valence-electron chi connectivity index (χ1n) is 13.8. The van der Waals surface area contributed by atoms with Gasteiger partial charge in [-0.15, -0.1) is 0 Å². The average Bonchev–Trinajstić information content (AvgIpc) is 3.33. The summed E-state index contributed by atoms with van der Waals surface area (Å²) in [5.41, 5.74) is 10.6. The largest absolute Gasteiger partial charge is 0.487 e. The zero-order chi connectivity index (χ0) is 28.3. The molecule has 0 radical (unpaired) electrons. The fourth-order valence-electron chi connectivity index (χ4n) is 5.60. The van der Waals surface area contributed by atoms with E-state index in [2.05, 4.69) is 26.9 Å². The number of likely N-dealkylation sites (tertiary alicyclic amines) is 1. The zero-order valence-electron chi connectivity index (χ0n) is 23.1. The van der Waals surface area contributed by atoms with E-state index in [1.54, 1.807) is 20.0 Å². The molecule has 2 aliphatic heterocycles. The number of amides is 1. The van der Waals surface area contributed by atoms with Crippen LogP contribution in [0.25, 0.3) is 5.57 Å². The molecule has 3 heterocycles. The SMILES string of the molecule is CC(C)(O)c1ccc2c(c1)/C(=C/CCN1CC[C@@H](N(CC(N)=O)Cc3ccc(Cl)cc3)C1)c1cccnc1CO2. The van der Waals surface area contributed by atoms with Gasteiger partial charge in [-0.1, -0.05) is 41.9 Å². The lowest BCUT2D eigenvalue weighted by molar-refractivity contribution is -0.119. The summed E-state index contributed by atoms with van der Waals surface area (Å²) >= 11 is 6.06. The lowest BCUT2D eigenvalue weighted by Gasteiger charge is -2.28. The van der Waals surface area contributed by atoms with Crippen molar-refractivity contribution in [2.24, 2.45) is 5.73 Å². The van der Waals surface area contributed by atoms with Crippen LogP contribution < -0.4 is 10.5 Å². The van der Waals surface area contributed by atoms with Crippen LogP contribution in [0.5, 0.6) is 5.75 Å². The minimum Gasteiger partial charge on any atom is -0.487 e. The van der Waals surface area contributed by atoms with Gasteiger partial charge in [0.05, 0.1) is 17.8 Å². The Bertz CT molecular complexity index is 1380. The number of nitrogens with zero attached hydrogens (tertiary/aromatic N) is 3. The zero-order valence-corrected chi connectivity index (χ0v) is 23.9. The highest BCUT2D eigenvalue weighted by Crippen LogP contribution is 2.38. The number of halogens is 1. The van der Waals surface area contributed by atoms with Crippen LogP contribution in [-0.4, -0.2) is 58.0 Å². The van der Waals surface area contributed by atoms with Crippen molar-refractivity contribution in [3.8, 4) is 5.75 Å². The molecule has 3 aromatic rings. The first kappa shape index (κ1) is 28.3. The number of primary amides is 1. The van der Waals surface area contributed by atoms with Gasteiger partial charge in [0.15, 0.2) is 0 Å². The number of fused-ring (bicyclic) bond motifs is 2. The predicted octanol–water partition coefficient (Wildman–Crippen LogP) is 4.74. The van der Waals surface area contributed by atoms with Crippen molar-refractivity contribution >= 4 is 23.1 Å². The van der Waals surface area contributed by atoms with Gasteiger partial charge in [-0.2, -0.15) is 0 Å². The Morgan fingerprint density at radius 1 is 1.23 bits per heavy atom. The van der Waals surface area contributed by atoms with Gasteiger partial charge >= 0.3 is 0 Å². The number of ether oxygens (including phenoxy) is 1. The van der Waals surface area contributed by atoms with Crippen molar-refractivity contribution in [3.63, 3.8) is 0 Å². The van der Waals surface area contributed by atoms with Crippen LogP contribution in [0.2, 0.25) is 5.02 Å². The molecule has 1 saturated heterocycles. The van der Waals surface area contributed by atoms with Crippen molar-refractivity contribution in [2.75, 3.05) is 26.2 Å². The van der Waals surface area contributed by atoms with Gasteiger partial charge < -0.3 is 20.5 Å². The molecule has 210 valence electrons. The molecule has 2 aliphatic rings. The molecule has 8 heteroatoms.